The van der Waals surface area contributed by atoms with E-state index < -0.39 is 0 Å². The highest BCUT2D eigenvalue weighted by Gasteiger charge is 2.14. The van der Waals surface area contributed by atoms with Crippen molar-refractivity contribution in [3.05, 3.63) is 70.7 Å². The zero-order valence-corrected chi connectivity index (χ0v) is 16.2. The molecule has 26 heavy (non-hydrogen) atoms. The van der Waals surface area contributed by atoms with Crippen molar-refractivity contribution in [1.29, 1.82) is 0 Å². The third kappa shape index (κ3) is 4.56. The molecule has 2 N–H and O–H groups in total. The maximum atomic E-state index is 12.4. The number of carbonyl (C=O) groups excluding carboxylic acids is 1. The van der Waals surface area contributed by atoms with Gasteiger partial charge in [-0.25, -0.2) is 4.98 Å². The van der Waals surface area contributed by atoms with Gasteiger partial charge in [0.2, 0.25) is 0 Å². The summed E-state index contributed by atoms with van der Waals surface area (Å²) in [5.74, 6) is 0.0229. The van der Waals surface area contributed by atoms with Crippen LogP contribution < -0.4 is 10.2 Å². The van der Waals surface area contributed by atoms with E-state index in [0.717, 1.165) is 39.0 Å². The summed E-state index contributed by atoms with van der Waals surface area (Å²) in [6.45, 7) is 5.21. The van der Waals surface area contributed by atoms with Gasteiger partial charge in [0.15, 0.2) is 6.54 Å². The van der Waals surface area contributed by atoms with Crippen molar-refractivity contribution in [2.45, 2.75) is 20.4 Å². The first kappa shape index (κ1) is 18.3. The van der Waals surface area contributed by atoms with Gasteiger partial charge in [-0.05, 0) is 31.0 Å². The van der Waals surface area contributed by atoms with E-state index in [-0.39, 0.29) is 5.91 Å². The third-order valence-corrected chi connectivity index (χ3v) is 5.34. The smallest absolute Gasteiger partial charge is 0.279 e. The second kappa shape index (κ2) is 8.25. The number of rotatable bonds is 6. The number of thiazole rings is 1. The molecule has 4 nitrogen and oxygen atoms in total. The van der Waals surface area contributed by atoms with Gasteiger partial charge in [-0.1, -0.05) is 42.5 Å². The Hall–Kier alpha value is -2.50. The largest absolute Gasteiger partial charge is 0.325 e. The van der Waals surface area contributed by atoms with Crippen LogP contribution in [-0.2, 0) is 11.3 Å². The molecular weight excluding hydrogens is 342 g/mol. The van der Waals surface area contributed by atoms with E-state index in [1.54, 1.807) is 11.3 Å². The maximum Gasteiger partial charge on any atom is 0.279 e. The fraction of sp³-hybridized carbons (Fsp3) is 0.238. The number of hydrogen-bond acceptors (Lipinski definition) is 3. The Balaban J connectivity index is 1.57. The van der Waals surface area contributed by atoms with Crippen LogP contribution in [0.2, 0.25) is 0 Å². The van der Waals surface area contributed by atoms with Gasteiger partial charge in [0.25, 0.3) is 5.91 Å². The van der Waals surface area contributed by atoms with E-state index in [2.05, 4.69) is 35.8 Å². The minimum atomic E-state index is 0.0229. The topological polar surface area (TPSA) is 46.4 Å². The number of hydrogen-bond donors (Lipinski definition) is 2. The number of quaternary nitrogens is 1. The Morgan fingerprint density at radius 3 is 2.65 bits per heavy atom. The van der Waals surface area contributed by atoms with E-state index >= 15 is 0 Å². The standard InChI is InChI=1S/C21H23N3OS/c1-15-8-7-11-19(16(15)2)23-20(25)13-24(3)12-18-14-26-21(22-18)17-9-5-4-6-10-17/h4-11,14H,12-13H2,1-3H3,(H,23,25)/p+1. The maximum absolute atomic E-state index is 12.4. The molecular formula is C21H24N3OS+. The zero-order chi connectivity index (χ0) is 18.5. The average molecular weight is 367 g/mol. The summed E-state index contributed by atoms with van der Waals surface area (Å²) in [5, 5.41) is 6.12. The molecule has 0 saturated heterocycles. The minimum absolute atomic E-state index is 0.0229. The van der Waals surface area contributed by atoms with Gasteiger partial charge in [-0.15, -0.1) is 11.3 Å². The fourth-order valence-electron chi connectivity index (χ4n) is 2.83. The first-order valence-electron chi connectivity index (χ1n) is 8.70. The Morgan fingerprint density at radius 1 is 1.12 bits per heavy atom. The zero-order valence-electron chi connectivity index (χ0n) is 15.4. The summed E-state index contributed by atoms with van der Waals surface area (Å²) in [6.07, 6.45) is 0. The molecule has 1 heterocycles. The number of likely N-dealkylation sites (N-methyl/N-ethyl adjacent to an activating group) is 1. The molecule has 1 unspecified atom stereocenters. The number of aryl methyl sites for hydroxylation is 1. The summed E-state index contributed by atoms with van der Waals surface area (Å²) in [4.78, 5) is 18.2. The molecule has 0 spiro atoms. The molecule has 0 fully saturated rings. The normalized spacial score (nSPS) is 12.0. The van der Waals surface area contributed by atoms with Gasteiger partial charge in [0, 0.05) is 16.6 Å². The first-order chi connectivity index (χ1) is 12.5. The summed E-state index contributed by atoms with van der Waals surface area (Å²) < 4.78 is 0. The number of nitrogens with zero attached hydrogens (tertiary/aromatic N) is 1. The molecule has 5 heteroatoms. The lowest BCUT2D eigenvalue weighted by molar-refractivity contribution is -0.885. The number of amides is 1. The molecule has 0 aliphatic carbocycles. The predicted octanol–water partition coefficient (Wildman–Crippen LogP) is 3.08. The Bertz CT molecular complexity index is 889. The molecule has 0 aliphatic rings. The highest BCUT2D eigenvalue weighted by molar-refractivity contribution is 7.13. The third-order valence-electron chi connectivity index (χ3n) is 4.40. The molecule has 0 saturated carbocycles. The van der Waals surface area contributed by atoms with Gasteiger partial charge in [-0.3, -0.25) is 4.79 Å². The van der Waals surface area contributed by atoms with E-state index in [1.807, 2.05) is 44.3 Å². The Morgan fingerprint density at radius 2 is 1.88 bits per heavy atom. The number of anilines is 1. The molecule has 2 aromatic carbocycles. The molecule has 1 amide bonds. The van der Waals surface area contributed by atoms with Crippen molar-refractivity contribution in [3.63, 3.8) is 0 Å². The van der Waals surface area contributed by atoms with Gasteiger partial charge >= 0.3 is 0 Å². The van der Waals surface area contributed by atoms with Crippen LogP contribution >= 0.6 is 11.3 Å². The van der Waals surface area contributed by atoms with Crippen molar-refractivity contribution >= 4 is 22.9 Å². The summed E-state index contributed by atoms with van der Waals surface area (Å²) >= 11 is 1.64. The molecule has 3 aromatic rings. The van der Waals surface area contributed by atoms with Gasteiger partial charge in [0.05, 0.1) is 7.05 Å². The molecule has 0 aliphatic heterocycles. The molecule has 1 aromatic heterocycles. The SMILES string of the molecule is Cc1cccc(NC(=O)C[NH+](C)Cc2csc(-c3ccccc3)n2)c1C. The lowest BCUT2D eigenvalue weighted by Gasteiger charge is -2.14. The van der Waals surface area contributed by atoms with Crippen molar-refractivity contribution in [2.24, 2.45) is 0 Å². The molecule has 0 bridgehead atoms. The van der Waals surface area contributed by atoms with Gasteiger partial charge in [0.1, 0.15) is 17.2 Å². The van der Waals surface area contributed by atoms with Crippen molar-refractivity contribution in [1.82, 2.24) is 4.98 Å². The van der Waals surface area contributed by atoms with Gasteiger partial charge < -0.3 is 10.2 Å². The molecule has 0 radical (unpaired) electrons. The van der Waals surface area contributed by atoms with Crippen LogP contribution in [0.4, 0.5) is 5.69 Å². The second-order valence-corrected chi connectivity index (χ2v) is 7.47. The first-order valence-corrected chi connectivity index (χ1v) is 9.58. The summed E-state index contributed by atoms with van der Waals surface area (Å²) in [6, 6.07) is 16.1. The van der Waals surface area contributed by atoms with Crippen molar-refractivity contribution < 1.29 is 9.69 Å². The predicted molar refractivity (Wildman–Crippen MR) is 108 cm³/mol. The molecule has 1 atom stereocenters. The second-order valence-electron chi connectivity index (χ2n) is 6.62. The van der Waals surface area contributed by atoms with Crippen LogP contribution in [0, 0.1) is 13.8 Å². The lowest BCUT2D eigenvalue weighted by Crippen LogP contribution is -3.08. The van der Waals surface area contributed by atoms with E-state index in [0.29, 0.717) is 6.54 Å². The summed E-state index contributed by atoms with van der Waals surface area (Å²) in [5.41, 5.74) is 5.34. The number of nitrogens with one attached hydrogen (secondary N) is 2. The van der Waals surface area contributed by atoms with E-state index in [9.17, 15) is 4.79 Å². The highest BCUT2D eigenvalue weighted by Crippen LogP contribution is 2.22. The lowest BCUT2D eigenvalue weighted by atomic mass is 10.1. The average Bonchev–Trinajstić information content (AvgIpc) is 3.08. The number of benzene rings is 2. The molecule has 3 rings (SSSR count). The quantitative estimate of drug-likeness (QED) is 0.704. The van der Waals surface area contributed by atoms with E-state index in [4.69, 9.17) is 4.98 Å². The summed E-state index contributed by atoms with van der Waals surface area (Å²) in [7, 11) is 2.02. The molecule has 134 valence electrons. The fourth-order valence-corrected chi connectivity index (χ4v) is 3.65. The minimum Gasteiger partial charge on any atom is -0.325 e. The van der Waals surface area contributed by atoms with Crippen LogP contribution in [-0.4, -0.2) is 24.5 Å². The number of aromatic nitrogens is 1. The van der Waals surface area contributed by atoms with E-state index in [1.165, 1.54) is 5.56 Å². The Labute approximate surface area is 158 Å². The van der Waals surface area contributed by atoms with Crippen molar-refractivity contribution in [3.8, 4) is 10.6 Å². The van der Waals surface area contributed by atoms with Crippen LogP contribution in [0.1, 0.15) is 16.8 Å². The van der Waals surface area contributed by atoms with Crippen molar-refractivity contribution in [2.75, 3.05) is 18.9 Å². The van der Waals surface area contributed by atoms with Crippen LogP contribution in [0.25, 0.3) is 10.6 Å². The highest BCUT2D eigenvalue weighted by atomic mass is 32.1. The van der Waals surface area contributed by atoms with Crippen LogP contribution in [0.5, 0.6) is 0 Å². The van der Waals surface area contributed by atoms with Crippen LogP contribution in [0.3, 0.4) is 0 Å². The van der Waals surface area contributed by atoms with Crippen LogP contribution in [0.15, 0.2) is 53.9 Å². The van der Waals surface area contributed by atoms with Gasteiger partial charge in [-0.2, -0.15) is 0 Å². The monoisotopic (exact) mass is 366 g/mol. The number of carbonyl (C=O) groups is 1. The Kier molecular flexibility index (Phi) is 5.81.